The highest BCUT2D eigenvalue weighted by atomic mass is 16.5. The normalized spacial score (nSPS) is 16.4. The van der Waals surface area contributed by atoms with Crippen molar-refractivity contribution >= 4 is 12.0 Å². The summed E-state index contributed by atoms with van der Waals surface area (Å²) in [6, 6.07) is -0.0852. The molecular formula is C12H22N2O5. The first-order valence-corrected chi connectivity index (χ1v) is 6.49. The molecule has 1 fully saturated rings. The number of ether oxygens (including phenoxy) is 1. The highest BCUT2D eigenvalue weighted by Gasteiger charge is 2.25. The van der Waals surface area contributed by atoms with Gasteiger partial charge in [0.2, 0.25) is 0 Å². The maximum absolute atomic E-state index is 11.9. The molecule has 0 atom stereocenters. The van der Waals surface area contributed by atoms with Crippen molar-refractivity contribution in [3.05, 3.63) is 0 Å². The number of aliphatic hydroxyl groups excluding tert-OH is 1. The highest BCUT2D eigenvalue weighted by Crippen LogP contribution is 2.15. The van der Waals surface area contributed by atoms with Crippen molar-refractivity contribution < 1.29 is 24.5 Å². The second kappa shape index (κ2) is 7.96. The average Bonchev–Trinajstić information content (AvgIpc) is 2.38. The maximum atomic E-state index is 11.9. The summed E-state index contributed by atoms with van der Waals surface area (Å²) in [6.07, 6.45) is 1.49. The molecule has 2 N–H and O–H groups in total. The fourth-order valence-corrected chi connectivity index (χ4v) is 2.01. The number of likely N-dealkylation sites (tertiary alicyclic amines) is 1. The number of carbonyl (C=O) groups excluding carboxylic acids is 1. The molecule has 0 saturated carbocycles. The quantitative estimate of drug-likeness (QED) is 0.710. The Balaban J connectivity index is 2.24. The van der Waals surface area contributed by atoms with Gasteiger partial charge in [-0.25, -0.2) is 4.79 Å². The molecular weight excluding hydrogens is 252 g/mol. The second-order valence-electron chi connectivity index (χ2n) is 4.63. The molecule has 1 rings (SSSR count). The molecule has 1 saturated heterocycles. The van der Waals surface area contributed by atoms with E-state index in [0.717, 1.165) is 12.8 Å². The molecule has 7 heteroatoms. The Kier molecular flexibility index (Phi) is 6.58. The van der Waals surface area contributed by atoms with Crippen LogP contribution >= 0.6 is 0 Å². The number of carboxylic acid groups (broad SMARTS) is 1. The Morgan fingerprint density at radius 2 is 2.00 bits per heavy atom. The fourth-order valence-electron chi connectivity index (χ4n) is 2.01. The Bertz CT molecular complexity index is 302. The number of aliphatic hydroxyl groups is 1. The molecule has 110 valence electrons. The van der Waals surface area contributed by atoms with Gasteiger partial charge in [0.25, 0.3) is 0 Å². The molecule has 1 aliphatic heterocycles. The standard InChI is InChI=1S/C12H22N2O5/c1-13(7-8-15)12(18)14-5-2-10(3-6-14)19-9-4-11(16)17/h10,15H,2-9H2,1H3,(H,16,17). The predicted octanol–water partition coefficient (Wildman–Crippen LogP) is -0.0138. The Morgan fingerprint density at radius 3 is 2.53 bits per heavy atom. The van der Waals surface area contributed by atoms with Crippen LogP contribution in [0.4, 0.5) is 4.79 Å². The van der Waals surface area contributed by atoms with Crippen LogP contribution in [0.5, 0.6) is 0 Å². The van der Waals surface area contributed by atoms with Gasteiger partial charge in [0.05, 0.1) is 25.7 Å². The van der Waals surface area contributed by atoms with Crippen LogP contribution in [0, 0.1) is 0 Å². The van der Waals surface area contributed by atoms with Crippen molar-refractivity contribution in [3.63, 3.8) is 0 Å². The third kappa shape index (κ3) is 5.44. The summed E-state index contributed by atoms with van der Waals surface area (Å²) in [5.74, 6) is -0.863. The topological polar surface area (TPSA) is 90.3 Å². The molecule has 0 aliphatic carbocycles. The minimum atomic E-state index is -0.863. The van der Waals surface area contributed by atoms with E-state index < -0.39 is 5.97 Å². The third-order valence-corrected chi connectivity index (χ3v) is 3.14. The molecule has 0 unspecified atom stereocenters. The zero-order valence-electron chi connectivity index (χ0n) is 11.2. The molecule has 1 heterocycles. The molecule has 2 amide bonds. The van der Waals surface area contributed by atoms with Crippen LogP contribution in [-0.4, -0.2) is 78.0 Å². The average molecular weight is 274 g/mol. The number of nitrogens with zero attached hydrogens (tertiary/aromatic N) is 2. The Hall–Kier alpha value is -1.34. The van der Waals surface area contributed by atoms with Crippen molar-refractivity contribution in [3.8, 4) is 0 Å². The lowest BCUT2D eigenvalue weighted by Gasteiger charge is -2.34. The monoisotopic (exact) mass is 274 g/mol. The number of urea groups is 1. The van der Waals surface area contributed by atoms with E-state index in [-0.39, 0.29) is 31.8 Å². The van der Waals surface area contributed by atoms with Crippen molar-refractivity contribution in [1.29, 1.82) is 0 Å². The summed E-state index contributed by atoms with van der Waals surface area (Å²) in [5, 5.41) is 17.3. The van der Waals surface area contributed by atoms with E-state index in [1.54, 1.807) is 11.9 Å². The summed E-state index contributed by atoms with van der Waals surface area (Å²) in [7, 11) is 1.66. The SMILES string of the molecule is CN(CCO)C(=O)N1CCC(OCCC(=O)O)CC1. The number of rotatable bonds is 6. The van der Waals surface area contributed by atoms with Crippen molar-refractivity contribution in [2.45, 2.75) is 25.4 Å². The van der Waals surface area contributed by atoms with Crippen molar-refractivity contribution in [2.24, 2.45) is 0 Å². The Labute approximate surface area is 112 Å². The number of likely N-dealkylation sites (N-methyl/N-ethyl adjacent to an activating group) is 1. The molecule has 1 aliphatic rings. The van der Waals surface area contributed by atoms with Crippen molar-refractivity contribution in [1.82, 2.24) is 9.80 Å². The van der Waals surface area contributed by atoms with Crippen LogP contribution in [0.15, 0.2) is 0 Å². The smallest absolute Gasteiger partial charge is 0.319 e. The number of hydrogen-bond donors (Lipinski definition) is 2. The lowest BCUT2D eigenvalue weighted by atomic mass is 10.1. The van der Waals surface area contributed by atoms with Crippen molar-refractivity contribution in [2.75, 3.05) is 39.9 Å². The summed E-state index contributed by atoms with van der Waals surface area (Å²) in [5.41, 5.74) is 0. The first-order chi connectivity index (χ1) is 9.04. The first kappa shape index (κ1) is 15.7. The first-order valence-electron chi connectivity index (χ1n) is 6.49. The van der Waals surface area contributed by atoms with Gasteiger partial charge in [-0.3, -0.25) is 4.79 Å². The van der Waals surface area contributed by atoms with E-state index in [1.165, 1.54) is 4.90 Å². The molecule has 0 aromatic carbocycles. The molecule has 0 aromatic heterocycles. The minimum absolute atomic E-state index is 0.0123. The van der Waals surface area contributed by atoms with Crippen LogP contribution in [0.25, 0.3) is 0 Å². The number of carboxylic acids is 1. The van der Waals surface area contributed by atoms with Crippen LogP contribution in [0.2, 0.25) is 0 Å². The van der Waals surface area contributed by atoms with Crippen LogP contribution in [-0.2, 0) is 9.53 Å². The number of hydrogen-bond acceptors (Lipinski definition) is 4. The minimum Gasteiger partial charge on any atom is -0.481 e. The van der Waals surface area contributed by atoms with E-state index in [0.29, 0.717) is 19.6 Å². The summed E-state index contributed by atoms with van der Waals surface area (Å²) in [4.78, 5) is 25.5. The molecule has 0 spiro atoms. The highest BCUT2D eigenvalue weighted by molar-refractivity contribution is 5.74. The van der Waals surface area contributed by atoms with Gasteiger partial charge < -0.3 is 24.7 Å². The fraction of sp³-hybridized carbons (Fsp3) is 0.833. The van der Waals surface area contributed by atoms with E-state index in [4.69, 9.17) is 14.9 Å². The number of amides is 2. The van der Waals surface area contributed by atoms with Gasteiger partial charge in [-0.2, -0.15) is 0 Å². The third-order valence-electron chi connectivity index (χ3n) is 3.14. The molecule has 0 bridgehead atoms. The van der Waals surface area contributed by atoms with Gasteiger partial charge in [-0.15, -0.1) is 0 Å². The van der Waals surface area contributed by atoms with Gasteiger partial charge in [-0.1, -0.05) is 0 Å². The largest absolute Gasteiger partial charge is 0.481 e. The van der Waals surface area contributed by atoms with Gasteiger partial charge >= 0.3 is 12.0 Å². The van der Waals surface area contributed by atoms with Crippen LogP contribution in [0.1, 0.15) is 19.3 Å². The lowest BCUT2D eigenvalue weighted by molar-refractivity contribution is -0.138. The van der Waals surface area contributed by atoms with E-state index >= 15 is 0 Å². The second-order valence-corrected chi connectivity index (χ2v) is 4.63. The van der Waals surface area contributed by atoms with E-state index in [9.17, 15) is 9.59 Å². The summed E-state index contributed by atoms with van der Waals surface area (Å²) in [6.45, 7) is 1.71. The molecule has 0 aromatic rings. The van der Waals surface area contributed by atoms with Gasteiger partial charge in [0.1, 0.15) is 0 Å². The van der Waals surface area contributed by atoms with Gasteiger partial charge in [-0.05, 0) is 12.8 Å². The zero-order valence-corrected chi connectivity index (χ0v) is 11.2. The lowest BCUT2D eigenvalue weighted by Crippen LogP contribution is -2.47. The van der Waals surface area contributed by atoms with Gasteiger partial charge in [0.15, 0.2) is 0 Å². The number of piperidine rings is 1. The van der Waals surface area contributed by atoms with E-state index in [1.807, 2.05) is 0 Å². The number of aliphatic carboxylic acids is 1. The number of carbonyl (C=O) groups is 2. The zero-order chi connectivity index (χ0) is 14.3. The predicted molar refractivity (Wildman–Crippen MR) is 67.9 cm³/mol. The molecule has 7 nitrogen and oxygen atoms in total. The summed E-state index contributed by atoms with van der Waals surface area (Å²) < 4.78 is 5.46. The van der Waals surface area contributed by atoms with Crippen LogP contribution in [0.3, 0.4) is 0 Å². The molecule has 19 heavy (non-hydrogen) atoms. The maximum Gasteiger partial charge on any atom is 0.319 e. The summed E-state index contributed by atoms with van der Waals surface area (Å²) >= 11 is 0. The van der Waals surface area contributed by atoms with Gasteiger partial charge in [0, 0.05) is 26.7 Å². The van der Waals surface area contributed by atoms with E-state index in [2.05, 4.69) is 0 Å². The van der Waals surface area contributed by atoms with Crippen LogP contribution < -0.4 is 0 Å². The molecule has 0 radical (unpaired) electrons. The Morgan fingerprint density at radius 1 is 1.37 bits per heavy atom.